The van der Waals surface area contributed by atoms with Crippen LogP contribution in [0, 0.1) is 5.92 Å². The van der Waals surface area contributed by atoms with Gasteiger partial charge in [-0.3, -0.25) is 0 Å². The van der Waals surface area contributed by atoms with Crippen molar-refractivity contribution in [1.29, 1.82) is 0 Å². The molecule has 0 spiro atoms. The van der Waals surface area contributed by atoms with Crippen LogP contribution in [0.5, 0.6) is 0 Å². The number of carbonyl (C=O) groups excluding carboxylic acids is 1. The zero-order valence-corrected chi connectivity index (χ0v) is 7.72. The van der Waals surface area contributed by atoms with E-state index in [4.69, 9.17) is 0 Å². The molecule has 0 saturated heterocycles. The Labute approximate surface area is 80.5 Å². The Bertz CT molecular complexity index is 104. The van der Waals surface area contributed by atoms with Crippen LogP contribution in [0.3, 0.4) is 0 Å². The molecular formula is C8H15LiO2. The number of carbonyl (C=O) groups is 1. The summed E-state index contributed by atoms with van der Waals surface area (Å²) in [4.78, 5) is 10.3. The van der Waals surface area contributed by atoms with E-state index in [-0.39, 0.29) is 24.8 Å². The topological polar surface area (TPSA) is 40.1 Å². The van der Waals surface area contributed by atoms with E-state index in [0.29, 0.717) is 6.42 Å². The van der Waals surface area contributed by atoms with Crippen LogP contribution in [0.4, 0.5) is 0 Å². The molecule has 0 aromatic heterocycles. The van der Waals surface area contributed by atoms with E-state index in [1.54, 1.807) is 0 Å². The molecule has 11 heavy (non-hydrogen) atoms. The van der Waals surface area contributed by atoms with Crippen molar-refractivity contribution in [2.24, 2.45) is 5.92 Å². The predicted molar refractivity (Wildman–Crippen MR) is 38.3 cm³/mol. The zero-order chi connectivity index (χ0) is 7.98. The third kappa shape index (κ3) is 6.46. The van der Waals surface area contributed by atoms with E-state index in [2.05, 4.69) is 6.92 Å². The number of hydrogen-bond acceptors (Lipinski definition) is 2. The summed E-state index contributed by atoms with van der Waals surface area (Å²) in [5, 5.41) is 10.3. The molecule has 1 atom stereocenters. The Hall–Kier alpha value is 0.0674. The summed E-state index contributed by atoms with van der Waals surface area (Å²) in [6.07, 6.45) is 3.52. The average Bonchev–Trinajstić information content (AvgIpc) is 1.89. The summed E-state index contributed by atoms with van der Waals surface area (Å²) in [6, 6.07) is 0. The molecule has 60 valence electrons. The van der Waals surface area contributed by atoms with Gasteiger partial charge in [0.15, 0.2) is 0 Å². The summed E-state index contributed by atoms with van der Waals surface area (Å²) >= 11 is 0. The number of carboxylic acid groups (broad SMARTS) is 1. The maximum Gasteiger partial charge on any atom is 1.00 e. The molecule has 0 saturated carbocycles. The van der Waals surface area contributed by atoms with Gasteiger partial charge in [-0.05, 0) is 18.8 Å². The summed E-state index contributed by atoms with van der Waals surface area (Å²) in [7, 11) is 0. The molecule has 0 bridgehead atoms. The molecule has 0 aliphatic carbocycles. The monoisotopic (exact) mass is 150 g/mol. The van der Waals surface area contributed by atoms with Crippen LogP contribution in [-0.2, 0) is 4.79 Å². The second-order valence-electron chi connectivity index (χ2n) is 2.57. The Morgan fingerprint density at radius 2 is 2.00 bits per heavy atom. The van der Waals surface area contributed by atoms with Gasteiger partial charge in [-0.2, -0.15) is 0 Å². The second-order valence-corrected chi connectivity index (χ2v) is 2.57. The third-order valence-corrected chi connectivity index (χ3v) is 1.73. The van der Waals surface area contributed by atoms with Gasteiger partial charge >= 0.3 is 18.9 Å². The van der Waals surface area contributed by atoms with E-state index < -0.39 is 5.97 Å². The van der Waals surface area contributed by atoms with Crippen LogP contribution in [0.1, 0.15) is 39.5 Å². The maximum absolute atomic E-state index is 10.3. The van der Waals surface area contributed by atoms with Gasteiger partial charge in [0.25, 0.3) is 0 Å². The molecule has 0 rings (SSSR count). The predicted octanol–water partition coefficient (Wildman–Crippen LogP) is -2.04. The molecular weight excluding hydrogens is 135 g/mol. The van der Waals surface area contributed by atoms with Crippen LogP contribution in [-0.4, -0.2) is 5.97 Å². The number of carboxylic acids is 1. The van der Waals surface area contributed by atoms with Gasteiger partial charge in [0.05, 0.1) is 0 Å². The maximum atomic E-state index is 10.3. The zero-order valence-electron chi connectivity index (χ0n) is 7.72. The van der Waals surface area contributed by atoms with Crippen molar-refractivity contribution < 1.29 is 28.8 Å². The van der Waals surface area contributed by atoms with Crippen LogP contribution >= 0.6 is 0 Å². The fourth-order valence-corrected chi connectivity index (χ4v) is 0.939. The van der Waals surface area contributed by atoms with Crippen molar-refractivity contribution in [2.75, 3.05) is 0 Å². The van der Waals surface area contributed by atoms with Gasteiger partial charge in [0.1, 0.15) is 0 Å². The summed E-state index contributed by atoms with van der Waals surface area (Å²) in [6.45, 7) is 3.94. The van der Waals surface area contributed by atoms with E-state index >= 15 is 0 Å². The van der Waals surface area contributed by atoms with Crippen molar-refractivity contribution in [3.05, 3.63) is 0 Å². The summed E-state index contributed by atoms with van der Waals surface area (Å²) in [5.74, 6) is -1.11. The first-order valence-electron chi connectivity index (χ1n) is 3.93. The van der Waals surface area contributed by atoms with Crippen LogP contribution < -0.4 is 24.0 Å². The number of unbranched alkanes of at least 4 members (excludes halogenated alkanes) is 1. The molecule has 0 N–H and O–H groups in total. The van der Waals surface area contributed by atoms with E-state index in [1.165, 1.54) is 0 Å². The number of hydrogen-bond donors (Lipinski definition) is 0. The Morgan fingerprint density at radius 3 is 2.27 bits per heavy atom. The molecule has 3 heteroatoms. The summed E-state index contributed by atoms with van der Waals surface area (Å²) in [5.41, 5.74) is 0. The van der Waals surface area contributed by atoms with Gasteiger partial charge in [-0.25, -0.2) is 0 Å². The molecule has 0 heterocycles. The minimum atomic E-state index is -0.893. The molecule has 1 unspecified atom stereocenters. The van der Waals surface area contributed by atoms with Gasteiger partial charge in [-0.1, -0.05) is 26.7 Å². The number of rotatable bonds is 5. The first kappa shape index (κ1) is 13.6. The normalized spacial score (nSPS) is 11.8. The Morgan fingerprint density at radius 1 is 1.45 bits per heavy atom. The largest absolute Gasteiger partial charge is 1.00 e. The van der Waals surface area contributed by atoms with Crippen molar-refractivity contribution in [2.45, 2.75) is 39.5 Å². The van der Waals surface area contributed by atoms with Gasteiger partial charge in [-0.15, -0.1) is 0 Å². The van der Waals surface area contributed by atoms with Crippen LogP contribution in [0.2, 0.25) is 0 Å². The molecule has 2 nitrogen and oxygen atoms in total. The second kappa shape index (κ2) is 8.17. The minimum absolute atomic E-state index is 0. The number of aliphatic carboxylic acids is 1. The molecule has 0 fully saturated rings. The van der Waals surface area contributed by atoms with E-state index in [0.717, 1.165) is 19.3 Å². The van der Waals surface area contributed by atoms with Gasteiger partial charge in [0.2, 0.25) is 0 Å². The molecule has 0 aromatic rings. The standard InChI is InChI=1S/C8H16O2.Li/c1-3-5-6-7(4-2)8(9)10;/h7H,3-6H2,1-2H3,(H,9,10);/q;+1/p-1. The van der Waals surface area contributed by atoms with Gasteiger partial charge < -0.3 is 9.90 Å². The molecule has 0 aromatic carbocycles. The third-order valence-electron chi connectivity index (χ3n) is 1.73. The first-order valence-corrected chi connectivity index (χ1v) is 3.93. The minimum Gasteiger partial charge on any atom is -0.550 e. The molecule has 0 aliphatic heterocycles. The Balaban J connectivity index is 0. The van der Waals surface area contributed by atoms with E-state index in [9.17, 15) is 9.90 Å². The Kier molecular flexibility index (Phi) is 10.1. The van der Waals surface area contributed by atoms with Gasteiger partial charge in [0, 0.05) is 5.97 Å². The molecule has 0 amide bonds. The van der Waals surface area contributed by atoms with Crippen molar-refractivity contribution in [1.82, 2.24) is 0 Å². The van der Waals surface area contributed by atoms with E-state index in [1.807, 2.05) is 6.92 Å². The van der Waals surface area contributed by atoms with Crippen molar-refractivity contribution in [3.63, 3.8) is 0 Å². The molecule has 0 aliphatic rings. The SMILES string of the molecule is CCCCC(CC)C(=O)[O-].[Li+]. The van der Waals surface area contributed by atoms with Crippen molar-refractivity contribution in [3.8, 4) is 0 Å². The van der Waals surface area contributed by atoms with Crippen molar-refractivity contribution >= 4 is 5.97 Å². The average molecular weight is 150 g/mol. The summed E-state index contributed by atoms with van der Waals surface area (Å²) < 4.78 is 0. The van der Waals surface area contributed by atoms with Crippen LogP contribution in [0.15, 0.2) is 0 Å². The quantitative estimate of drug-likeness (QED) is 0.423. The fraction of sp³-hybridized carbons (Fsp3) is 0.875. The first-order chi connectivity index (χ1) is 4.72. The smallest absolute Gasteiger partial charge is 0.550 e. The fourth-order valence-electron chi connectivity index (χ4n) is 0.939. The van der Waals surface area contributed by atoms with Crippen LogP contribution in [0.25, 0.3) is 0 Å². The molecule has 0 radical (unpaired) electrons.